The molecule has 0 unspecified atom stereocenters. The molecule has 1 aromatic heterocycles. The second-order valence-corrected chi connectivity index (χ2v) is 8.40. The van der Waals surface area contributed by atoms with Gasteiger partial charge in [0.15, 0.2) is 0 Å². The summed E-state index contributed by atoms with van der Waals surface area (Å²) in [5.74, 6) is -0.274. The Bertz CT molecular complexity index is 1120. The highest BCUT2D eigenvalue weighted by Gasteiger charge is 2.26. The van der Waals surface area contributed by atoms with Gasteiger partial charge in [-0.1, -0.05) is 42.5 Å². The number of aromatic hydroxyl groups is 1. The first-order valence-corrected chi connectivity index (χ1v) is 11.6. The van der Waals surface area contributed by atoms with Crippen LogP contribution in [-0.2, 0) is 16.1 Å². The van der Waals surface area contributed by atoms with E-state index in [1.54, 1.807) is 6.07 Å². The minimum atomic E-state index is -1.01. The van der Waals surface area contributed by atoms with Crippen LogP contribution in [0.2, 0.25) is 0 Å². The summed E-state index contributed by atoms with van der Waals surface area (Å²) in [5.41, 5.74) is 2.99. The summed E-state index contributed by atoms with van der Waals surface area (Å²) in [7, 11) is 0. The van der Waals surface area contributed by atoms with Crippen LogP contribution in [0.4, 0.5) is 0 Å². The van der Waals surface area contributed by atoms with Gasteiger partial charge in [-0.25, -0.2) is 4.79 Å². The van der Waals surface area contributed by atoms with Crippen LogP contribution in [0.15, 0.2) is 61.2 Å². The van der Waals surface area contributed by atoms with Gasteiger partial charge >= 0.3 is 5.97 Å². The summed E-state index contributed by atoms with van der Waals surface area (Å²) in [5, 5.41) is 31.2. The molecule has 35 heavy (non-hydrogen) atoms. The van der Waals surface area contributed by atoms with E-state index in [1.165, 1.54) is 4.80 Å². The van der Waals surface area contributed by atoms with Gasteiger partial charge in [-0.3, -0.25) is 9.80 Å². The number of carbonyl (C=O) groups is 1. The Balaban J connectivity index is 1.49. The van der Waals surface area contributed by atoms with Crippen molar-refractivity contribution >= 4 is 5.97 Å². The van der Waals surface area contributed by atoms with Crippen LogP contribution in [-0.4, -0.2) is 92.1 Å². The van der Waals surface area contributed by atoms with Gasteiger partial charge in [-0.15, -0.1) is 16.8 Å². The molecule has 1 saturated heterocycles. The van der Waals surface area contributed by atoms with Crippen LogP contribution in [0.1, 0.15) is 17.2 Å². The van der Waals surface area contributed by atoms with E-state index < -0.39 is 5.97 Å². The van der Waals surface area contributed by atoms with E-state index in [0.29, 0.717) is 12.4 Å². The van der Waals surface area contributed by atoms with Gasteiger partial charge in [0.25, 0.3) is 0 Å². The topological polar surface area (TPSA) is 117 Å². The normalized spacial score (nSPS) is 15.7. The van der Waals surface area contributed by atoms with Crippen LogP contribution in [0.3, 0.4) is 0 Å². The summed E-state index contributed by atoms with van der Waals surface area (Å²) in [4.78, 5) is 16.7. The number of aromatic nitrogens is 4. The summed E-state index contributed by atoms with van der Waals surface area (Å²) in [6.45, 7) is 8.63. The Morgan fingerprint density at radius 3 is 2.57 bits per heavy atom. The van der Waals surface area contributed by atoms with E-state index in [4.69, 9.17) is 9.84 Å². The number of ether oxygens (including phenoxy) is 1. The highest BCUT2D eigenvalue weighted by Crippen LogP contribution is 2.32. The van der Waals surface area contributed by atoms with Gasteiger partial charge < -0.3 is 14.9 Å². The third-order valence-corrected chi connectivity index (χ3v) is 5.94. The second kappa shape index (κ2) is 11.7. The highest BCUT2D eigenvalue weighted by molar-refractivity contribution is 5.67. The van der Waals surface area contributed by atoms with Crippen molar-refractivity contribution in [3.63, 3.8) is 0 Å². The summed E-state index contributed by atoms with van der Waals surface area (Å²) >= 11 is 0. The Hall–Kier alpha value is -3.60. The first kappa shape index (κ1) is 24.5. The summed E-state index contributed by atoms with van der Waals surface area (Å²) < 4.78 is 5.03. The molecule has 1 atom stereocenters. The molecule has 2 N–H and O–H groups in total. The van der Waals surface area contributed by atoms with E-state index in [-0.39, 0.29) is 25.0 Å². The average molecular weight is 479 g/mol. The fourth-order valence-electron chi connectivity index (χ4n) is 4.27. The lowest BCUT2D eigenvalue weighted by atomic mass is 9.95. The lowest BCUT2D eigenvalue weighted by molar-refractivity contribution is -0.142. The van der Waals surface area contributed by atoms with E-state index >= 15 is 0 Å². The molecule has 0 aliphatic carbocycles. The number of piperazine rings is 1. The maximum atomic E-state index is 10.5. The zero-order valence-corrected chi connectivity index (χ0v) is 19.5. The number of phenols is 1. The molecule has 10 heteroatoms. The van der Waals surface area contributed by atoms with Crippen molar-refractivity contribution in [3.05, 3.63) is 72.3 Å². The lowest BCUT2D eigenvalue weighted by Gasteiger charge is -2.39. The predicted molar refractivity (Wildman–Crippen MR) is 130 cm³/mol. The van der Waals surface area contributed by atoms with Crippen LogP contribution >= 0.6 is 0 Å². The number of tetrazole rings is 1. The molecule has 10 nitrogen and oxygen atoms in total. The van der Waals surface area contributed by atoms with E-state index in [2.05, 4.69) is 43.9 Å². The van der Waals surface area contributed by atoms with Crippen LogP contribution in [0.5, 0.6) is 5.75 Å². The summed E-state index contributed by atoms with van der Waals surface area (Å²) in [6.07, 6.45) is 1.94. The van der Waals surface area contributed by atoms with Gasteiger partial charge in [-0.2, -0.15) is 4.80 Å². The molecule has 0 saturated carbocycles. The first-order valence-electron chi connectivity index (χ1n) is 11.6. The molecular formula is C25H30N6O4. The molecule has 0 amide bonds. The molecule has 0 spiro atoms. The van der Waals surface area contributed by atoms with Crippen molar-refractivity contribution < 1.29 is 19.7 Å². The van der Waals surface area contributed by atoms with Crippen molar-refractivity contribution in [2.24, 2.45) is 0 Å². The zero-order chi connectivity index (χ0) is 24.6. The molecule has 1 aliphatic heterocycles. The molecule has 0 bridgehead atoms. The van der Waals surface area contributed by atoms with Gasteiger partial charge in [0.1, 0.15) is 12.4 Å². The van der Waals surface area contributed by atoms with Crippen molar-refractivity contribution in [2.45, 2.75) is 12.6 Å². The standard InChI is InChI=1S/C25H30N6O4/c1-2-10-29-11-13-30(14-12-29)24(21-4-3-5-22(32)17-21)19-6-8-20(9-7-19)25-26-28-31(27-25)15-16-35-18-23(33)34/h2-9,17,24,32H,1,10-16,18H2,(H,33,34)/t24-/m1/s1. The van der Waals surface area contributed by atoms with Gasteiger partial charge in [0.05, 0.1) is 19.2 Å². The Morgan fingerprint density at radius 2 is 1.89 bits per heavy atom. The highest BCUT2D eigenvalue weighted by atomic mass is 16.5. The molecule has 3 aromatic rings. The van der Waals surface area contributed by atoms with Crippen molar-refractivity contribution in [2.75, 3.05) is 45.9 Å². The van der Waals surface area contributed by atoms with Crippen molar-refractivity contribution in [1.82, 2.24) is 30.0 Å². The van der Waals surface area contributed by atoms with Gasteiger partial charge in [0.2, 0.25) is 5.82 Å². The molecule has 4 rings (SSSR count). The van der Waals surface area contributed by atoms with E-state index in [1.807, 2.05) is 36.4 Å². The number of hydrogen-bond donors (Lipinski definition) is 2. The molecule has 2 heterocycles. The number of carboxylic acid groups (broad SMARTS) is 1. The minimum absolute atomic E-state index is 0.0112. The number of phenolic OH excluding ortho intramolecular Hbond substituents is 1. The average Bonchev–Trinajstić information content (AvgIpc) is 3.33. The van der Waals surface area contributed by atoms with Crippen LogP contribution in [0.25, 0.3) is 11.4 Å². The number of hydrogen-bond acceptors (Lipinski definition) is 8. The third kappa shape index (κ3) is 6.50. The second-order valence-electron chi connectivity index (χ2n) is 8.40. The number of benzene rings is 2. The third-order valence-electron chi connectivity index (χ3n) is 5.94. The fourth-order valence-corrected chi connectivity index (χ4v) is 4.27. The molecule has 1 aliphatic rings. The largest absolute Gasteiger partial charge is 0.508 e. The zero-order valence-electron chi connectivity index (χ0n) is 19.5. The fraction of sp³-hybridized carbons (Fsp3) is 0.360. The molecule has 184 valence electrons. The van der Waals surface area contributed by atoms with Crippen LogP contribution < -0.4 is 0 Å². The Morgan fingerprint density at radius 1 is 1.11 bits per heavy atom. The van der Waals surface area contributed by atoms with E-state index in [9.17, 15) is 9.90 Å². The minimum Gasteiger partial charge on any atom is -0.508 e. The quantitative estimate of drug-likeness (QED) is 0.315. The molecule has 1 fully saturated rings. The number of rotatable bonds is 11. The summed E-state index contributed by atoms with van der Waals surface area (Å²) in [6, 6.07) is 15.5. The van der Waals surface area contributed by atoms with Crippen molar-refractivity contribution in [3.8, 4) is 17.1 Å². The van der Waals surface area contributed by atoms with Crippen LogP contribution in [0, 0.1) is 0 Å². The molecule has 0 radical (unpaired) electrons. The Labute approximate surface area is 204 Å². The van der Waals surface area contributed by atoms with Gasteiger partial charge in [-0.05, 0) is 28.5 Å². The number of aliphatic carboxylic acids is 1. The smallest absolute Gasteiger partial charge is 0.329 e. The maximum Gasteiger partial charge on any atom is 0.329 e. The lowest BCUT2D eigenvalue weighted by Crippen LogP contribution is -2.47. The first-order chi connectivity index (χ1) is 17.0. The predicted octanol–water partition coefficient (Wildman–Crippen LogP) is 2.04. The Kier molecular flexibility index (Phi) is 8.19. The van der Waals surface area contributed by atoms with Crippen molar-refractivity contribution in [1.29, 1.82) is 0 Å². The van der Waals surface area contributed by atoms with Gasteiger partial charge in [0, 0.05) is 38.3 Å². The van der Waals surface area contributed by atoms with E-state index in [0.717, 1.165) is 49.4 Å². The number of nitrogens with zero attached hydrogens (tertiary/aromatic N) is 6. The SMILES string of the molecule is C=CCN1CCN([C@H](c2ccc(-c3nnn(CCOCC(=O)O)n3)cc2)c2cccc(O)c2)CC1. The number of carboxylic acids is 1. The molecular weight excluding hydrogens is 448 g/mol. The monoisotopic (exact) mass is 478 g/mol. The maximum absolute atomic E-state index is 10.5. The molecule has 2 aromatic carbocycles.